The summed E-state index contributed by atoms with van der Waals surface area (Å²) in [4.78, 5) is 71.2. The summed E-state index contributed by atoms with van der Waals surface area (Å²) >= 11 is 3.41. The summed E-state index contributed by atoms with van der Waals surface area (Å²) in [5.74, 6) is 3.53. The fourth-order valence-electron chi connectivity index (χ4n) is 9.49. The number of ketones is 1. The normalized spacial score (nSPS) is 14.6. The van der Waals surface area contributed by atoms with Gasteiger partial charge in [0.25, 0.3) is 0 Å². The van der Waals surface area contributed by atoms with Crippen LogP contribution in [-0.2, 0) is 18.9 Å². The van der Waals surface area contributed by atoms with Crippen molar-refractivity contribution in [2.45, 2.75) is 192 Å². The number of imidazole rings is 2. The zero-order valence-electron chi connectivity index (χ0n) is 53.8. The van der Waals surface area contributed by atoms with Gasteiger partial charge in [-0.15, -0.1) is 0 Å². The molecular weight excluding hydrogens is 1150 g/mol. The second-order valence-corrected chi connectivity index (χ2v) is 25.5. The number of aryl methyl sites for hydroxylation is 8. The molecule has 1 saturated heterocycles. The van der Waals surface area contributed by atoms with Gasteiger partial charge in [-0.05, 0) is 201 Å². The standard InChI is InChI=1S/C28H30N4O4.C22H25N3O5.C7H8BrN.C5H10O.C4H9.Li/c1-14-13-29-15(2)10-20(14)25(33)21-11-19(23-16(3)31-36-17(23)4)12-22-24(21)30-26(18-8-9-18)32(22)27(34)35-28(5,6)7;1-11-17(12(2)30-24-11)14-9-15(20(26)28-6)18-16(10-14)25(19(23-18)13-7-8-13)21(27)29-22(3,4)5;1-5-4-9-6(2)3-7(5)8;1-5-3-2-4-6-5;1-4(2)3;/h10-13,18H,8-9H2,1-7H3;9-10,13H,7-8H2,1-6H3;3-4H,1-2H3;5H,2-4H2,1H3;1-3H3;/q;;;;-1;+1. The van der Waals surface area contributed by atoms with E-state index in [1.807, 2.05) is 120 Å². The van der Waals surface area contributed by atoms with Crippen LogP contribution < -0.4 is 18.9 Å². The molecule has 0 amide bonds. The first kappa shape index (κ1) is 68.3. The molecule has 454 valence electrons. The van der Waals surface area contributed by atoms with Crippen LogP contribution in [0.5, 0.6) is 0 Å². The van der Waals surface area contributed by atoms with E-state index in [0.717, 1.165) is 70.4 Å². The van der Waals surface area contributed by atoms with Crippen LogP contribution in [0.2, 0.25) is 0 Å². The SMILES string of the molecule is CC1CCCO1.COC(=O)c1cc(-c2c(C)noc2C)cc2c1nc(C1CC1)n2C(=O)OC(C)(C)C.C[C-](C)C.Cc1cc(Br)c(C)cn1.Cc1cc(C(=O)c2cc(-c3c(C)noc3C)cc3c2nc(C2CC2)n3C(=O)OC(C)(C)C)c(C)cn1.[Li+]. The summed E-state index contributed by atoms with van der Waals surface area (Å²) in [5.41, 5.74) is 9.99. The van der Waals surface area contributed by atoms with Gasteiger partial charge < -0.3 is 33.9 Å². The van der Waals surface area contributed by atoms with Gasteiger partial charge in [0.05, 0.1) is 46.8 Å². The maximum Gasteiger partial charge on any atom is 1.00 e. The molecule has 6 aromatic heterocycles. The number of fused-ring (bicyclic) bond motifs is 2. The molecule has 18 nitrogen and oxygen atoms in total. The van der Waals surface area contributed by atoms with Gasteiger partial charge in [0, 0.05) is 63.4 Å². The molecule has 3 fully saturated rings. The maximum absolute atomic E-state index is 14.0. The van der Waals surface area contributed by atoms with Crippen LogP contribution in [-0.4, -0.2) is 94.3 Å². The van der Waals surface area contributed by atoms with Crippen LogP contribution in [0.15, 0.2) is 62.3 Å². The first-order valence-electron chi connectivity index (χ1n) is 28.9. The number of benzene rings is 2. The molecule has 20 heteroatoms. The Balaban J connectivity index is 0.000000210. The van der Waals surface area contributed by atoms with Gasteiger partial charge in [0.15, 0.2) is 5.78 Å². The molecule has 3 aliphatic rings. The largest absolute Gasteiger partial charge is 1.00 e. The Kier molecular flexibility index (Phi) is 22.5. The fraction of sp³-hybridized carbons (Fsp3) is 0.470. The van der Waals surface area contributed by atoms with Gasteiger partial charge in [0.2, 0.25) is 0 Å². The molecule has 8 aromatic rings. The first-order valence-corrected chi connectivity index (χ1v) is 29.7. The molecule has 1 atom stereocenters. The molecule has 2 aromatic carbocycles. The monoisotopic (exact) mass is 1230 g/mol. The second kappa shape index (κ2) is 28.4. The van der Waals surface area contributed by atoms with Crippen molar-refractivity contribution in [1.29, 1.82) is 0 Å². The van der Waals surface area contributed by atoms with Gasteiger partial charge >= 0.3 is 37.0 Å². The molecule has 1 aliphatic heterocycles. The van der Waals surface area contributed by atoms with Gasteiger partial charge in [-0.1, -0.05) is 26.2 Å². The first-order chi connectivity index (χ1) is 39.9. The van der Waals surface area contributed by atoms with Crippen LogP contribution in [0, 0.1) is 61.3 Å². The molecule has 86 heavy (non-hydrogen) atoms. The van der Waals surface area contributed by atoms with Crippen molar-refractivity contribution in [2.24, 2.45) is 0 Å². The minimum Gasteiger partial charge on any atom is -0.465 e. The Labute approximate surface area is 525 Å². The van der Waals surface area contributed by atoms with Crippen LogP contribution in [0.3, 0.4) is 0 Å². The average molecular weight is 1230 g/mol. The zero-order chi connectivity index (χ0) is 62.6. The van der Waals surface area contributed by atoms with Crippen molar-refractivity contribution >= 4 is 61.9 Å². The summed E-state index contributed by atoms with van der Waals surface area (Å²) < 4.78 is 36.5. The van der Waals surface area contributed by atoms with E-state index in [2.05, 4.69) is 68.9 Å². The van der Waals surface area contributed by atoms with Crippen molar-refractivity contribution in [2.75, 3.05) is 13.7 Å². The van der Waals surface area contributed by atoms with E-state index in [1.54, 1.807) is 29.8 Å². The number of ether oxygens (including phenoxy) is 4. The molecule has 0 N–H and O–H groups in total. The molecule has 0 radical (unpaired) electrons. The predicted molar refractivity (Wildman–Crippen MR) is 331 cm³/mol. The fourth-order valence-corrected chi connectivity index (χ4v) is 9.92. The number of methoxy groups -OCH3 is 1. The number of pyridine rings is 2. The number of aromatic nitrogens is 8. The van der Waals surface area contributed by atoms with Crippen molar-refractivity contribution in [3.05, 3.63) is 133 Å². The third-order valence-corrected chi connectivity index (χ3v) is 14.6. The number of hydrogen-bond acceptors (Lipinski definition) is 16. The van der Waals surface area contributed by atoms with Crippen molar-refractivity contribution in [3.63, 3.8) is 0 Å². The quantitative estimate of drug-likeness (QED) is 0.0476. The van der Waals surface area contributed by atoms with E-state index < -0.39 is 29.4 Å². The van der Waals surface area contributed by atoms with Crippen molar-refractivity contribution in [3.8, 4) is 22.3 Å². The Hall–Kier alpha value is -6.78. The van der Waals surface area contributed by atoms with Crippen molar-refractivity contribution in [1.82, 2.24) is 39.4 Å². The topological polar surface area (TPSA) is 219 Å². The molecule has 1 unspecified atom stereocenters. The van der Waals surface area contributed by atoms with E-state index in [0.29, 0.717) is 79.4 Å². The summed E-state index contributed by atoms with van der Waals surface area (Å²) in [6.45, 7) is 35.3. The van der Waals surface area contributed by atoms with E-state index in [4.69, 9.17) is 33.0 Å². The Bertz CT molecular complexity index is 3710. The molecule has 7 heterocycles. The summed E-state index contributed by atoms with van der Waals surface area (Å²) in [6, 6.07) is 11.1. The van der Waals surface area contributed by atoms with E-state index in [-0.39, 0.29) is 42.0 Å². The Morgan fingerprint density at radius 2 is 1.05 bits per heavy atom. The smallest absolute Gasteiger partial charge is 0.465 e. The van der Waals surface area contributed by atoms with E-state index >= 15 is 0 Å². The summed E-state index contributed by atoms with van der Waals surface area (Å²) in [7, 11) is 1.32. The Morgan fingerprint density at radius 1 is 0.616 bits per heavy atom. The molecule has 0 spiro atoms. The minimum atomic E-state index is -0.682. The van der Waals surface area contributed by atoms with Crippen LogP contribution >= 0.6 is 15.9 Å². The van der Waals surface area contributed by atoms with Gasteiger partial charge in [0.1, 0.15) is 45.4 Å². The number of halogens is 1. The number of hydrogen-bond donors (Lipinski definition) is 0. The number of carbonyl (C=O) groups is 4. The Morgan fingerprint density at radius 3 is 1.40 bits per heavy atom. The molecule has 2 aliphatic carbocycles. The van der Waals surface area contributed by atoms with Gasteiger partial charge in [-0.2, -0.15) is 20.8 Å². The van der Waals surface area contributed by atoms with E-state index in [9.17, 15) is 19.2 Å². The number of carbonyl (C=O) groups excluding carboxylic acids is 4. The minimum absolute atomic E-state index is 0. The number of nitrogens with zero attached hydrogens (tertiary/aromatic N) is 8. The molecular formula is C66H82BrLiN8O10. The van der Waals surface area contributed by atoms with Gasteiger partial charge in [-0.25, -0.2) is 33.5 Å². The van der Waals surface area contributed by atoms with Crippen LogP contribution in [0.4, 0.5) is 9.59 Å². The third kappa shape index (κ3) is 17.0. The maximum atomic E-state index is 14.0. The number of esters is 1. The molecule has 0 bridgehead atoms. The van der Waals surface area contributed by atoms with Gasteiger partial charge in [-0.3, -0.25) is 14.8 Å². The average Bonchev–Trinajstić information content (AvgIpc) is 1.63. The summed E-state index contributed by atoms with van der Waals surface area (Å²) in [6.07, 6.45) is 9.38. The number of rotatable bonds is 7. The molecule has 2 saturated carbocycles. The summed E-state index contributed by atoms with van der Waals surface area (Å²) in [5, 5.41) is 8.11. The predicted octanol–water partition coefficient (Wildman–Crippen LogP) is 13.2. The third-order valence-electron chi connectivity index (χ3n) is 13.7. The van der Waals surface area contributed by atoms with Crippen LogP contribution in [0.1, 0.15) is 203 Å². The second-order valence-electron chi connectivity index (χ2n) is 24.7. The van der Waals surface area contributed by atoms with E-state index in [1.165, 1.54) is 36.0 Å². The molecule has 11 rings (SSSR count). The van der Waals surface area contributed by atoms with Crippen LogP contribution in [0.25, 0.3) is 44.3 Å². The zero-order valence-corrected chi connectivity index (χ0v) is 55.4. The van der Waals surface area contributed by atoms with Crippen molar-refractivity contribution < 1.29 is 66.0 Å².